The Morgan fingerprint density at radius 2 is 1.60 bits per heavy atom. The molecule has 1 aromatic carbocycles. The van der Waals surface area contributed by atoms with Crippen LogP contribution in [0, 0.1) is 11.8 Å². The van der Waals surface area contributed by atoms with E-state index in [-0.39, 0.29) is 12.3 Å². The fraction of sp³-hybridized carbons (Fsp3) is 0.389. The number of allylic oxidation sites excluding steroid dienone is 2. The van der Waals surface area contributed by atoms with E-state index in [4.69, 9.17) is 11.6 Å². The fourth-order valence-electron chi connectivity index (χ4n) is 2.88. The Bertz CT molecular complexity index is 712. The molecule has 0 saturated carbocycles. The minimum atomic E-state index is -1.00. The van der Waals surface area contributed by atoms with Crippen LogP contribution in [0.5, 0.6) is 0 Å². The molecule has 0 spiro atoms. The molecule has 134 valence electrons. The number of aliphatic carboxylic acids is 1. The van der Waals surface area contributed by atoms with Crippen molar-refractivity contribution in [3.05, 3.63) is 46.0 Å². The van der Waals surface area contributed by atoms with Gasteiger partial charge in [-0.2, -0.15) is 0 Å². The SMILES string of the molecule is CC1=C(C)C[C@@H](C(=O)O)[C@@H](C(=O)NNC(=O)Cc2ccc(Cl)cc2)C1. The standard InChI is InChI=1S/C18H21ClN2O4/c1-10-7-14(15(18(24)25)8-11(10)2)17(23)21-20-16(22)9-12-3-5-13(19)6-4-12/h3-6,14-15H,7-9H2,1-2H3,(H,20,22)(H,21,23)(H,24,25)/t14-,15+/m0/s1. The minimum Gasteiger partial charge on any atom is -0.481 e. The first-order valence-electron chi connectivity index (χ1n) is 7.99. The fourth-order valence-corrected chi connectivity index (χ4v) is 3.01. The molecule has 0 bridgehead atoms. The number of nitrogens with one attached hydrogen (secondary N) is 2. The van der Waals surface area contributed by atoms with Crippen LogP contribution in [0.15, 0.2) is 35.4 Å². The summed E-state index contributed by atoms with van der Waals surface area (Å²) in [5, 5.41) is 9.93. The highest BCUT2D eigenvalue weighted by atomic mass is 35.5. The maximum Gasteiger partial charge on any atom is 0.307 e. The lowest BCUT2D eigenvalue weighted by molar-refractivity contribution is -0.148. The van der Waals surface area contributed by atoms with Crippen LogP contribution in [-0.4, -0.2) is 22.9 Å². The first kappa shape index (κ1) is 19.0. The van der Waals surface area contributed by atoms with Gasteiger partial charge in [-0.15, -0.1) is 0 Å². The summed E-state index contributed by atoms with van der Waals surface area (Å²) >= 11 is 5.79. The topological polar surface area (TPSA) is 95.5 Å². The lowest BCUT2D eigenvalue weighted by Gasteiger charge is -2.29. The van der Waals surface area contributed by atoms with E-state index in [9.17, 15) is 19.5 Å². The molecular formula is C18H21ClN2O4. The Kier molecular flexibility index (Phi) is 6.20. The summed E-state index contributed by atoms with van der Waals surface area (Å²) in [5.74, 6) is -3.35. The number of halogens is 1. The second kappa shape index (κ2) is 8.16. The van der Waals surface area contributed by atoms with Gasteiger partial charge in [0.2, 0.25) is 11.8 Å². The number of hydrazine groups is 1. The van der Waals surface area contributed by atoms with Crippen LogP contribution in [0.25, 0.3) is 0 Å². The zero-order chi connectivity index (χ0) is 18.6. The highest BCUT2D eigenvalue weighted by Crippen LogP contribution is 2.34. The largest absolute Gasteiger partial charge is 0.481 e. The van der Waals surface area contributed by atoms with Crippen LogP contribution in [0.2, 0.25) is 5.02 Å². The molecule has 0 saturated heterocycles. The molecule has 25 heavy (non-hydrogen) atoms. The van der Waals surface area contributed by atoms with Crippen molar-refractivity contribution in [3.63, 3.8) is 0 Å². The minimum absolute atomic E-state index is 0.0858. The molecule has 0 aliphatic heterocycles. The maximum atomic E-state index is 12.3. The molecule has 1 aliphatic rings. The number of carboxylic acids is 1. The first-order chi connectivity index (χ1) is 11.8. The number of carboxylic acid groups (broad SMARTS) is 1. The zero-order valence-electron chi connectivity index (χ0n) is 14.1. The molecule has 1 aliphatic carbocycles. The van der Waals surface area contributed by atoms with E-state index in [1.165, 1.54) is 0 Å². The van der Waals surface area contributed by atoms with Gasteiger partial charge in [0, 0.05) is 5.02 Å². The molecule has 2 amide bonds. The third kappa shape index (κ3) is 5.06. The van der Waals surface area contributed by atoms with Gasteiger partial charge in [-0.1, -0.05) is 34.9 Å². The van der Waals surface area contributed by atoms with Crippen molar-refractivity contribution in [2.45, 2.75) is 33.1 Å². The van der Waals surface area contributed by atoms with E-state index in [1.807, 2.05) is 13.8 Å². The van der Waals surface area contributed by atoms with E-state index in [0.29, 0.717) is 17.9 Å². The summed E-state index contributed by atoms with van der Waals surface area (Å²) in [5.41, 5.74) is 7.48. The predicted molar refractivity (Wildman–Crippen MR) is 93.7 cm³/mol. The molecule has 3 N–H and O–H groups in total. The lowest BCUT2D eigenvalue weighted by atomic mass is 9.76. The average Bonchev–Trinajstić information content (AvgIpc) is 2.56. The predicted octanol–water partition coefficient (Wildman–Crippen LogP) is 2.48. The van der Waals surface area contributed by atoms with Crippen molar-refractivity contribution >= 4 is 29.4 Å². The summed E-state index contributed by atoms with van der Waals surface area (Å²) in [6.45, 7) is 3.78. The van der Waals surface area contributed by atoms with E-state index in [2.05, 4.69) is 10.9 Å². The van der Waals surface area contributed by atoms with Crippen molar-refractivity contribution in [1.29, 1.82) is 0 Å². The molecule has 0 heterocycles. The Labute approximate surface area is 151 Å². The van der Waals surface area contributed by atoms with Gasteiger partial charge in [0.15, 0.2) is 0 Å². The Hall–Kier alpha value is -2.34. The van der Waals surface area contributed by atoms with Crippen molar-refractivity contribution in [2.75, 3.05) is 0 Å². The van der Waals surface area contributed by atoms with E-state index < -0.39 is 23.7 Å². The lowest BCUT2D eigenvalue weighted by Crippen LogP contribution is -2.48. The third-order valence-corrected chi connectivity index (χ3v) is 4.78. The monoisotopic (exact) mass is 364 g/mol. The Morgan fingerprint density at radius 3 is 2.16 bits per heavy atom. The summed E-state index contributed by atoms with van der Waals surface area (Å²) in [6, 6.07) is 6.81. The van der Waals surface area contributed by atoms with Crippen LogP contribution in [0.3, 0.4) is 0 Å². The van der Waals surface area contributed by atoms with Crippen LogP contribution < -0.4 is 10.9 Å². The molecule has 7 heteroatoms. The summed E-state index contributed by atoms with van der Waals surface area (Å²) in [4.78, 5) is 35.7. The van der Waals surface area contributed by atoms with E-state index in [1.54, 1.807) is 24.3 Å². The average molecular weight is 365 g/mol. The van der Waals surface area contributed by atoms with Gasteiger partial charge < -0.3 is 5.11 Å². The molecule has 0 fully saturated rings. The second-order valence-corrected chi connectivity index (χ2v) is 6.80. The highest BCUT2D eigenvalue weighted by Gasteiger charge is 2.37. The number of amides is 2. The molecule has 1 aromatic rings. The van der Waals surface area contributed by atoms with Gasteiger partial charge in [-0.05, 0) is 44.4 Å². The van der Waals surface area contributed by atoms with Crippen LogP contribution in [0.1, 0.15) is 32.3 Å². The van der Waals surface area contributed by atoms with Crippen molar-refractivity contribution < 1.29 is 19.5 Å². The number of benzene rings is 1. The number of rotatable bonds is 4. The van der Waals surface area contributed by atoms with Gasteiger partial charge in [-0.25, -0.2) is 0 Å². The van der Waals surface area contributed by atoms with Gasteiger partial charge in [0.1, 0.15) is 0 Å². The molecule has 2 rings (SSSR count). The highest BCUT2D eigenvalue weighted by molar-refractivity contribution is 6.30. The van der Waals surface area contributed by atoms with Crippen molar-refractivity contribution in [3.8, 4) is 0 Å². The van der Waals surface area contributed by atoms with Crippen LogP contribution >= 0.6 is 11.6 Å². The van der Waals surface area contributed by atoms with E-state index in [0.717, 1.165) is 16.7 Å². The molecule has 6 nitrogen and oxygen atoms in total. The van der Waals surface area contributed by atoms with E-state index >= 15 is 0 Å². The molecular weight excluding hydrogens is 344 g/mol. The van der Waals surface area contributed by atoms with Gasteiger partial charge in [0.05, 0.1) is 18.3 Å². The van der Waals surface area contributed by atoms with Gasteiger partial charge in [-0.3, -0.25) is 25.2 Å². The van der Waals surface area contributed by atoms with Crippen LogP contribution in [0.4, 0.5) is 0 Å². The Balaban J connectivity index is 1.93. The molecule has 0 unspecified atom stereocenters. The normalized spacial score (nSPS) is 20.1. The maximum absolute atomic E-state index is 12.3. The number of hydrogen-bond acceptors (Lipinski definition) is 3. The first-order valence-corrected chi connectivity index (χ1v) is 8.37. The quantitative estimate of drug-likeness (QED) is 0.565. The molecule has 2 atom stereocenters. The number of hydrogen-bond donors (Lipinski definition) is 3. The zero-order valence-corrected chi connectivity index (χ0v) is 14.9. The number of carbonyl (C=O) groups excluding carboxylic acids is 2. The Morgan fingerprint density at radius 1 is 1.04 bits per heavy atom. The van der Waals surface area contributed by atoms with Crippen molar-refractivity contribution in [2.24, 2.45) is 11.8 Å². The molecule has 0 aromatic heterocycles. The van der Waals surface area contributed by atoms with Gasteiger partial charge in [0.25, 0.3) is 0 Å². The third-order valence-electron chi connectivity index (χ3n) is 4.52. The van der Waals surface area contributed by atoms with Crippen molar-refractivity contribution in [1.82, 2.24) is 10.9 Å². The number of carbonyl (C=O) groups is 3. The smallest absolute Gasteiger partial charge is 0.307 e. The second-order valence-electron chi connectivity index (χ2n) is 6.36. The van der Waals surface area contributed by atoms with Crippen LogP contribution in [-0.2, 0) is 20.8 Å². The summed E-state index contributed by atoms with van der Waals surface area (Å²) in [6.07, 6.45) is 0.808. The molecule has 0 radical (unpaired) electrons. The summed E-state index contributed by atoms with van der Waals surface area (Å²) < 4.78 is 0. The summed E-state index contributed by atoms with van der Waals surface area (Å²) in [7, 11) is 0. The van der Waals surface area contributed by atoms with Gasteiger partial charge >= 0.3 is 5.97 Å².